The van der Waals surface area contributed by atoms with Gasteiger partial charge in [-0.05, 0) is 37.8 Å². The summed E-state index contributed by atoms with van der Waals surface area (Å²) in [5.41, 5.74) is 0.924. The van der Waals surface area contributed by atoms with Gasteiger partial charge in [-0.2, -0.15) is 0 Å². The van der Waals surface area contributed by atoms with Crippen molar-refractivity contribution in [1.82, 2.24) is 15.3 Å². The normalized spacial score (nSPS) is 20.0. The number of hydrogen-bond acceptors (Lipinski definition) is 5. The van der Waals surface area contributed by atoms with Crippen molar-refractivity contribution in [2.24, 2.45) is 0 Å². The Morgan fingerprint density at radius 2 is 1.88 bits per heavy atom. The Morgan fingerprint density at radius 3 is 2.60 bits per heavy atom. The number of aromatic nitrogens is 2. The van der Waals surface area contributed by atoms with Crippen LogP contribution in [-0.4, -0.2) is 34.3 Å². The van der Waals surface area contributed by atoms with Gasteiger partial charge < -0.3 is 10.1 Å². The van der Waals surface area contributed by atoms with Gasteiger partial charge in [-0.15, -0.1) is 0 Å². The minimum atomic E-state index is 0.0620. The van der Waals surface area contributed by atoms with E-state index in [9.17, 15) is 4.79 Å². The molecule has 5 nitrogen and oxygen atoms in total. The summed E-state index contributed by atoms with van der Waals surface area (Å²) in [6.07, 6.45) is 8.06. The standard InChI is InChI=1S/C19H23N3O2S/c1-24-17-6-3-2-5-14(17)13-18(23)22-15-7-9-16(10-8-15)25-19-20-11-4-12-21-19/h2-6,11-12,15-16H,7-10,13H2,1H3,(H,22,23). The van der Waals surface area contributed by atoms with Crippen molar-refractivity contribution in [3.8, 4) is 5.75 Å². The maximum absolute atomic E-state index is 12.3. The van der Waals surface area contributed by atoms with Gasteiger partial charge in [-0.1, -0.05) is 30.0 Å². The summed E-state index contributed by atoms with van der Waals surface area (Å²) in [6.45, 7) is 0. The summed E-state index contributed by atoms with van der Waals surface area (Å²) < 4.78 is 5.31. The Hall–Kier alpha value is -2.08. The number of ether oxygens (including phenoxy) is 1. The SMILES string of the molecule is COc1ccccc1CC(=O)NC1CCC(Sc2ncccn2)CC1. The van der Waals surface area contributed by atoms with E-state index in [0.29, 0.717) is 11.7 Å². The summed E-state index contributed by atoms with van der Waals surface area (Å²) >= 11 is 1.74. The second-order valence-corrected chi connectivity index (χ2v) is 7.45. The van der Waals surface area contributed by atoms with Crippen LogP contribution in [0.5, 0.6) is 5.75 Å². The fraction of sp³-hybridized carbons (Fsp3) is 0.421. The van der Waals surface area contributed by atoms with Gasteiger partial charge in [0.25, 0.3) is 0 Å². The van der Waals surface area contributed by atoms with Gasteiger partial charge >= 0.3 is 0 Å². The summed E-state index contributed by atoms with van der Waals surface area (Å²) in [4.78, 5) is 20.9. The topological polar surface area (TPSA) is 64.1 Å². The monoisotopic (exact) mass is 357 g/mol. The Kier molecular flexibility index (Phi) is 6.28. The molecule has 1 fully saturated rings. The number of amides is 1. The molecule has 3 rings (SSSR count). The third kappa shape index (κ3) is 5.19. The van der Waals surface area contributed by atoms with Crippen LogP contribution in [0.1, 0.15) is 31.2 Å². The van der Waals surface area contributed by atoms with Crippen molar-refractivity contribution in [1.29, 1.82) is 0 Å². The number of carbonyl (C=O) groups excluding carboxylic acids is 1. The predicted octanol–water partition coefficient (Wildman–Crippen LogP) is 3.25. The third-order valence-electron chi connectivity index (χ3n) is 4.40. The molecule has 1 aromatic carbocycles. The van der Waals surface area contributed by atoms with Crippen LogP contribution in [0.4, 0.5) is 0 Å². The zero-order valence-electron chi connectivity index (χ0n) is 14.4. The second kappa shape index (κ2) is 8.85. The number of nitrogens with zero attached hydrogens (tertiary/aromatic N) is 2. The van der Waals surface area contributed by atoms with Crippen molar-refractivity contribution < 1.29 is 9.53 Å². The zero-order chi connectivity index (χ0) is 17.5. The second-order valence-electron chi connectivity index (χ2n) is 6.18. The molecule has 1 amide bonds. The lowest BCUT2D eigenvalue weighted by atomic mass is 9.94. The van der Waals surface area contributed by atoms with E-state index in [0.717, 1.165) is 42.2 Å². The Balaban J connectivity index is 1.45. The van der Waals surface area contributed by atoms with Crippen LogP contribution >= 0.6 is 11.8 Å². The van der Waals surface area contributed by atoms with Crippen LogP contribution in [0.15, 0.2) is 47.9 Å². The summed E-state index contributed by atoms with van der Waals surface area (Å²) in [6, 6.07) is 9.76. The van der Waals surface area contributed by atoms with Crippen LogP contribution in [0.2, 0.25) is 0 Å². The number of nitrogens with one attached hydrogen (secondary N) is 1. The smallest absolute Gasteiger partial charge is 0.224 e. The van der Waals surface area contributed by atoms with E-state index >= 15 is 0 Å². The van der Waals surface area contributed by atoms with E-state index in [1.165, 1.54) is 0 Å². The summed E-state index contributed by atoms with van der Waals surface area (Å²) in [7, 11) is 1.63. The Morgan fingerprint density at radius 1 is 1.16 bits per heavy atom. The number of rotatable bonds is 6. The maximum atomic E-state index is 12.3. The number of methoxy groups -OCH3 is 1. The number of benzene rings is 1. The van der Waals surface area contributed by atoms with Crippen molar-refractivity contribution in [2.45, 2.75) is 48.6 Å². The van der Waals surface area contributed by atoms with Gasteiger partial charge in [0, 0.05) is 29.2 Å². The van der Waals surface area contributed by atoms with E-state index < -0.39 is 0 Å². The van der Waals surface area contributed by atoms with E-state index in [1.807, 2.05) is 30.3 Å². The van der Waals surface area contributed by atoms with E-state index in [2.05, 4.69) is 15.3 Å². The highest BCUT2D eigenvalue weighted by Crippen LogP contribution is 2.31. The lowest BCUT2D eigenvalue weighted by molar-refractivity contribution is -0.121. The minimum absolute atomic E-state index is 0.0620. The van der Waals surface area contributed by atoms with Gasteiger partial charge in [0.1, 0.15) is 5.75 Å². The van der Waals surface area contributed by atoms with Crippen LogP contribution in [0.3, 0.4) is 0 Å². The van der Waals surface area contributed by atoms with E-state index in [4.69, 9.17) is 4.74 Å². The molecule has 2 aromatic rings. The molecular weight excluding hydrogens is 334 g/mol. The maximum Gasteiger partial charge on any atom is 0.224 e. The first-order valence-electron chi connectivity index (χ1n) is 8.59. The molecule has 1 aromatic heterocycles. The molecule has 0 bridgehead atoms. The third-order valence-corrected chi connectivity index (χ3v) is 5.62. The number of hydrogen-bond donors (Lipinski definition) is 1. The molecule has 1 aliphatic rings. The van der Waals surface area contributed by atoms with Gasteiger partial charge in [-0.25, -0.2) is 9.97 Å². The van der Waals surface area contributed by atoms with E-state index in [1.54, 1.807) is 31.3 Å². The molecule has 1 heterocycles. The average molecular weight is 357 g/mol. The molecule has 0 atom stereocenters. The molecule has 0 radical (unpaired) electrons. The van der Waals surface area contributed by atoms with Gasteiger partial charge in [-0.3, -0.25) is 4.79 Å². The predicted molar refractivity (Wildman–Crippen MR) is 98.8 cm³/mol. The minimum Gasteiger partial charge on any atom is -0.496 e. The van der Waals surface area contributed by atoms with Crippen LogP contribution < -0.4 is 10.1 Å². The van der Waals surface area contributed by atoms with Crippen LogP contribution in [0, 0.1) is 0 Å². The number of thioether (sulfide) groups is 1. The van der Waals surface area contributed by atoms with Crippen molar-refractivity contribution >= 4 is 17.7 Å². The largest absolute Gasteiger partial charge is 0.496 e. The molecule has 1 saturated carbocycles. The molecular formula is C19H23N3O2S. The van der Waals surface area contributed by atoms with Crippen LogP contribution in [0.25, 0.3) is 0 Å². The summed E-state index contributed by atoms with van der Waals surface area (Å²) in [5, 5.41) is 4.54. The Labute approximate surface area is 152 Å². The van der Waals surface area contributed by atoms with Gasteiger partial charge in [0.05, 0.1) is 13.5 Å². The molecule has 6 heteroatoms. The van der Waals surface area contributed by atoms with Crippen molar-refractivity contribution in [2.75, 3.05) is 7.11 Å². The van der Waals surface area contributed by atoms with Gasteiger partial charge in [0.2, 0.25) is 5.91 Å². The highest BCUT2D eigenvalue weighted by molar-refractivity contribution is 7.99. The number of carbonyl (C=O) groups is 1. The number of para-hydroxylation sites is 1. The first-order chi connectivity index (χ1) is 12.2. The highest BCUT2D eigenvalue weighted by atomic mass is 32.2. The highest BCUT2D eigenvalue weighted by Gasteiger charge is 2.24. The quantitative estimate of drug-likeness (QED) is 0.804. The molecule has 25 heavy (non-hydrogen) atoms. The Bertz CT molecular complexity index is 688. The molecule has 0 unspecified atom stereocenters. The van der Waals surface area contributed by atoms with Crippen molar-refractivity contribution in [3.05, 3.63) is 48.3 Å². The fourth-order valence-electron chi connectivity index (χ4n) is 3.12. The summed E-state index contributed by atoms with van der Waals surface area (Å²) in [5.74, 6) is 0.826. The zero-order valence-corrected chi connectivity index (χ0v) is 15.2. The van der Waals surface area contributed by atoms with Gasteiger partial charge in [0.15, 0.2) is 5.16 Å². The molecule has 1 N–H and O–H groups in total. The van der Waals surface area contributed by atoms with Crippen LogP contribution in [-0.2, 0) is 11.2 Å². The fourth-order valence-corrected chi connectivity index (χ4v) is 4.17. The van der Waals surface area contributed by atoms with E-state index in [-0.39, 0.29) is 11.9 Å². The van der Waals surface area contributed by atoms with Crippen molar-refractivity contribution in [3.63, 3.8) is 0 Å². The molecule has 0 aliphatic heterocycles. The lowest BCUT2D eigenvalue weighted by Gasteiger charge is -2.28. The lowest BCUT2D eigenvalue weighted by Crippen LogP contribution is -2.39. The molecule has 1 aliphatic carbocycles. The first kappa shape index (κ1) is 17.7. The first-order valence-corrected chi connectivity index (χ1v) is 9.47. The molecule has 132 valence electrons. The average Bonchev–Trinajstić information content (AvgIpc) is 2.64. The molecule has 0 saturated heterocycles. The molecule has 0 spiro atoms.